The summed E-state index contributed by atoms with van der Waals surface area (Å²) in [5.41, 5.74) is 1.09. The summed E-state index contributed by atoms with van der Waals surface area (Å²) in [5.74, 6) is 0.618. The van der Waals surface area contributed by atoms with Gasteiger partial charge in [-0.05, 0) is 39.5 Å². The van der Waals surface area contributed by atoms with Crippen molar-refractivity contribution in [2.24, 2.45) is 0 Å². The molecule has 2 rings (SSSR count). The van der Waals surface area contributed by atoms with E-state index in [0.29, 0.717) is 18.8 Å². The quantitative estimate of drug-likeness (QED) is 0.503. The van der Waals surface area contributed by atoms with Crippen LogP contribution in [0.1, 0.15) is 5.56 Å². The number of non-ortho nitro benzene ring substituents is 1. The van der Waals surface area contributed by atoms with E-state index in [1.807, 2.05) is 0 Å². The van der Waals surface area contributed by atoms with Gasteiger partial charge in [0, 0.05) is 24.9 Å². The van der Waals surface area contributed by atoms with Crippen molar-refractivity contribution in [3.05, 3.63) is 55.9 Å². The summed E-state index contributed by atoms with van der Waals surface area (Å²) < 4.78 is 0.727. The molecule has 0 saturated carbocycles. The van der Waals surface area contributed by atoms with E-state index in [1.165, 1.54) is 12.1 Å². The zero-order chi connectivity index (χ0) is 14.5. The molecule has 0 atom stereocenters. The fraction of sp³-hybridized carbons (Fsp3) is 0.167. The molecule has 0 unspecified atom stereocenters. The predicted octanol–water partition coefficient (Wildman–Crippen LogP) is 3.46. The van der Waals surface area contributed by atoms with Gasteiger partial charge in [0.15, 0.2) is 0 Å². The number of nitro benzene ring substituents is 1. The second-order valence-corrected chi connectivity index (χ2v) is 5.13. The molecule has 1 aromatic carbocycles. The molecule has 0 fully saturated rings. The summed E-state index contributed by atoms with van der Waals surface area (Å²) in [6, 6.07) is 6.46. The largest absolute Gasteiger partial charge is 0.369 e. The third-order valence-electron chi connectivity index (χ3n) is 2.57. The highest BCUT2D eigenvalue weighted by Crippen LogP contribution is 2.20. The van der Waals surface area contributed by atoms with Crippen molar-refractivity contribution in [3.63, 3.8) is 0 Å². The molecular weight excluding hydrogens is 348 g/mol. The van der Waals surface area contributed by atoms with E-state index in [4.69, 9.17) is 11.6 Å². The summed E-state index contributed by atoms with van der Waals surface area (Å²) in [5, 5.41) is 13.8. The maximum absolute atomic E-state index is 10.5. The Bertz CT molecular complexity index is 621. The zero-order valence-electron chi connectivity index (χ0n) is 10.2. The van der Waals surface area contributed by atoms with Gasteiger partial charge < -0.3 is 5.32 Å². The van der Waals surface area contributed by atoms with Crippen molar-refractivity contribution in [1.82, 2.24) is 9.97 Å². The van der Waals surface area contributed by atoms with E-state index in [-0.39, 0.29) is 11.0 Å². The Morgan fingerprint density at radius 2 is 2.05 bits per heavy atom. The van der Waals surface area contributed by atoms with Gasteiger partial charge in [-0.3, -0.25) is 10.1 Å². The van der Waals surface area contributed by atoms with E-state index < -0.39 is 4.92 Å². The Morgan fingerprint density at radius 1 is 1.35 bits per heavy atom. The summed E-state index contributed by atoms with van der Waals surface area (Å²) in [4.78, 5) is 18.0. The van der Waals surface area contributed by atoms with Crippen LogP contribution >= 0.6 is 27.5 Å². The topological polar surface area (TPSA) is 81.0 Å². The standard InChI is InChI=1S/C12H10BrClN4O2/c13-10-7-16-12(14)17-11(10)15-6-5-8-1-3-9(4-2-8)18(19)20/h1-4,7H,5-6H2,(H,15,16,17). The summed E-state index contributed by atoms with van der Waals surface area (Å²) in [7, 11) is 0. The van der Waals surface area contributed by atoms with E-state index in [9.17, 15) is 10.1 Å². The van der Waals surface area contributed by atoms with Crippen LogP contribution < -0.4 is 5.32 Å². The van der Waals surface area contributed by atoms with Gasteiger partial charge in [-0.2, -0.15) is 4.98 Å². The summed E-state index contributed by atoms with van der Waals surface area (Å²) in [6.45, 7) is 0.629. The first-order chi connectivity index (χ1) is 9.56. The van der Waals surface area contributed by atoms with Crippen LogP contribution in [0.3, 0.4) is 0 Å². The van der Waals surface area contributed by atoms with Gasteiger partial charge in [0.05, 0.1) is 9.40 Å². The highest BCUT2D eigenvalue weighted by molar-refractivity contribution is 9.10. The number of nitro groups is 1. The van der Waals surface area contributed by atoms with Crippen molar-refractivity contribution in [3.8, 4) is 0 Å². The SMILES string of the molecule is O=[N+]([O-])c1ccc(CCNc2nc(Cl)ncc2Br)cc1. The van der Waals surface area contributed by atoms with E-state index in [2.05, 4.69) is 31.2 Å². The lowest BCUT2D eigenvalue weighted by atomic mass is 10.1. The Kier molecular flexibility index (Phi) is 4.86. The van der Waals surface area contributed by atoms with Crippen LogP contribution in [-0.2, 0) is 6.42 Å². The molecule has 0 bridgehead atoms. The molecule has 104 valence electrons. The molecule has 0 amide bonds. The number of hydrogen-bond donors (Lipinski definition) is 1. The second-order valence-electron chi connectivity index (χ2n) is 3.94. The van der Waals surface area contributed by atoms with Crippen LogP contribution in [0.2, 0.25) is 5.28 Å². The number of nitrogens with one attached hydrogen (secondary N) is 1. The van der Waals surface area contributed by atoms with Gasteiger partial charge in [-0.15, -0.1) is 0 Å². The van der Waals surface area contributed by atoms with Crippen molar-refractivity contribution < 1.29 is 4.92 Å². The van der Waals surface area contributed by atoms with Gasteiger partial charge in [0.1, 0.15) is 5.82 Å². The second kappa shape index (κ2) is 6.62. The van der Waals surface area contributed by atoms with Crippen LogP contribution in [0.4, 0.5) is 11.5 Å². The monoisotopic (exact) mass is 356 g/mol. The van der Waals surface area contributed by atoms with E-state index >= 15 is 0 Å². The minimum Gasteiger partial charge on any atom is -0.369 e. The number of anilines is 1. The first kappa shape index (κ1) is 14.7. The van der Waals surface area contributed by atoms with Crippen molar-refractivity contribution >= 4 is 39.0 Å². The minimum atomic E-state index is -0.415. The third-order valence-corrected chi connectivity index (χ3v) is 3.33. The fourth-order valence-corrected chi connectivity index (χ4v) is 2.04. The number of nitrogens with zero attached hydrogens (tertiary/aromatic N) is 3. The average Bonchev–Trinajstić information content (AvgIpc) is 2.43. The lowest BCUT2D eigenvalue weighted by molar-refractivity contribution is -0.384. The lowest BCUT2D eigenvalue weighted by Crippen LogP contribution is -2.07. The minimum absolute atomic E-state index is 0.0898. The number of rotatable bonds is 5. The first-order valence-electron chi connectivity index (χ1n) is 5.71. The number of aromatic nitrogens is 2. The molecule has 8 heteroatoms. The molecule has 0 aliphatic carbocycles. The normalized spacial score (nSPS) is 10.3. The molecule has 0 saturated heterocycles. The fourth-order valence-electron chi connectivity index (χ4n) is 1.58. The third kappa shape index (κ3) is 3.88. The smallest absolute Gasteiger partial charge is 0.269 e. The average molecular weight is 358 g/mol. The highest BCUT2D eigenvalue weighted by atomic mass is 79.9. The molecule has 2 aromatic rings. The molecule has 0 spiro atoms. The molecule has 1 N–H and O–H groups in total. The van der Waals surface area contributed by atoms with E-state index in [0.717, 1.165) is 10.0 Å². The molecule has 6 nitrogen and oxygen atoms in total. The van der Waals surface area contributed by atoms with Gasteiger partial charge in [0.25, 0.3) is 5.69 Å². The molecule has 1 heterocycles. The Labute approximate surface area is 128 Å². The van der Waals surface area contributed by atoms with Gasteiger partial charge in [-0.25, -0.2) is 4.98 Å². The van der Waals surface area contributed by atoms with Crippen LogP contribution in [0.15, 0.2) is 34.9 Å². The molecule has 20 heavy (non-hydrogen) atoms. The van der Waals surface area contributed by atoms with Crippen LogP contribution in [0.5, 0.6) is 0 Å². The van der Waals surface area contributed by atoms with Gasteiger partial charge in [-0.1, -0.05) is 12.1 Å². The number of hydrogen-bond acceptors (Lipinski definition) is 5. The Hall–Kier alpha value is -1.73. The zero-order valence-corrected chi connectivity index (χ0v) is 12.6. The van der Waals surface area contributed by atoms with Crippen LogP contribution in [-0.4, -0.2) is 21.4 Å². The lowest BCUT2D eigenvalue weighted by Gasteiger charge is -2.07. The number of halogens is 2. The van der Waals surface area contributed by atoms with Crippen molar-refractivity contribution in [2.75, 3.05) is 11.9 Å². The molecular formula is C12H10BrClN4O2. The Balaban J connectivity index is 1.92. The summed E-state index contributed by atoms with van der Waals surface area (Å²) in [6.07, 6.45) is 2.29. The van der Waals surface area contributed by atoms with E-state index in [1.54, 1.807) is 18.3 Å². The highest BCUT2D eigenvalue weighted by Gasteiger charge is 2.05. The van der Waals surface area contributed by atoms with Crippen LogP contribution in [0.25, 0.3) is 0 Å². The van der Waals surface area contributed by atoms with Crippen LogP contribution in [0, 0.1) is 10.1 Å². The predicted molar refractivity (Wildman–Crippen MR) is 80.0 cm³/mol. The van der Waals surface area contributed by atoms with Crippen molar-refractivity contribution in [2.45, 2.75) is 6.42 Å². The maximum atomic E-state index is 10.5. The molecule has 0 radical (unpaired) electrons. The Morgan fingerprint density at radius 3 is 2.70 bits per heavy atom. The molecule has 1 aromatic heterocycles. The van der Waals surface area contributed by atoms with Crippen molar-refractivity contribution in [1.29, 1.82) is 0 Å². The first-order valence-corrected chi connectivity index (χ1v) is 6.88. The maximum Gasteiger partial charge on any atom is 0.269 e. The number of benzene rings is 1. The summed E-state index contributed by atoms with van der Waals surface area (Å²) >= 11 is 9.03. The van der Waals surface area contributed by atoms with Gasteiger partial charge >= 0.3 is 0 Å². The molecule has 0 aliphatic rings. The van der Waals surface area contributed by atoms with Gasteiger partial charge in [0.2, 0.25) is 5.28 Å². The molecule has 0 aliphatic heterocycles.